The van der Waals surface area contributed by atoms with Crippen molar-refractivity contribution in [2.45, 2.75) is 26.3 Å². The number of hydrogen-bond acceptors (Lipinski definition) is 4. The molecule has 0 aromatic carbocycles. The third kappa shape index (κ3) is 4.52. The monoisotopic (exact) mass is 264 g/mol. The van der Waals surface area contributed by atoms with E-state index in [4.69, 9.17) is 5.73 Å². The standard InChI is InChI=1S/C14H24N4O/c1-10(2)12(5-7-15)17-11-6-8-16-13(9-11)14(19)18(3)4/h6,8-10,12H,5,7,15H2,1-4H3,(H,16,17). The second-order valence-electron chi connectivity index (χ2n) is 5.20. The van der Waals surface area contributed by atoms with Crippen molar-refractivity contribution in [2.24, 2.45) is 11.7 Å². The summed E-state index contributed by atoms with van der Waals surface area (Å²) in [5.74, 6) is 0.383. The van der Waals surface area contributed by atoms with E-state index in [9.17, 15) is 4.79 Å². The first-order valence-corrected chi connectivity index (χ1v) is 6.60. The number of hydrogen-bond donors (Lipinski definition) is 2. The number of rotatable bonds is 6. The molecule has 0 aliphatic heterocycles. The second-order valence-corrected chi connectivity index (χ2v) is 5.20. The Kier molecular flexibility index (Phi) is 5.76. The fourth-order valence-corrected chi connectivity index (χ4v) is 1.83. The minimum atomic E-state index is -0.0939. The fourth-order valence-electron chi connectivity index (χ4n) is 1.83. The number of anilines is 1. The first kappa shape index (κ1) is 15.4. The summed E-state index contributed by atoms with van der Waals surface area (Å²) in [5.41, 5.74) is 6.98. The number of nitrogens with two attached hydrogens (primary N) is 1. The summed E-state index contributed by atoms with van der Waals surface area (Å²) >= 11 is 0. The largest absolute Gasteiger partial charge is 0.382 e. The lowest BCUT2D eigenvalue weighted by Gasteiger charge is -2.23. The van der Waals surface area contributed by atoms with Gasteiger partial charge in [-0.1, -0.05) is 13.8 Å². The van der Waals surface area contributed by atoms with Crippen LogP contribution in [-0.4, -0.2) is 42.5 Å². The van der Waals surface area contributed by atoms with Crippen molar-refractivity contribution in [3.63, 3.8) is 0 Å². The molecule has 0 fully saturated rings. The molecule has 5 nitrogen and oxygen atoms in total. The van der Waals surface area contributed by atoms with Gasteiger partial charge in [0.25, 0.3) is 5.91 Å². The molecule has 1 rings (SSSR count). The van der Waals surface area contributed by atoms with Crippen LogP contribution in [0.2, 0.25) is 0 Å². The Hall–Kier alpha value is -1.62. The Labute approximate surface area is 115 Å². The number of amides is 1. The van der Waals surface area contributed by atoms with E-state index in [2.05, 4.69) is 24.1 Å². The molecule has 0 saturated heterocycles. The number of carbonyl (C=O) groups excluding carboxylic acids is 1. The van der Waals surface area contributed by atoms with Gasteiger partial charge in [0.05, 0.1) is 0 Å². The maximum absolute atomic E-state index is 11.9. The Morgan fingerprint density at radius 1 is 1.47 bits per heavy atom. The molecule has 0 aliphatic carbocycles. The maximum Gasteiger partial charge on any atom is 0.272 e. The highest BCUT2D eigenvalue weighted by atomic mass is 16.2. The van der Waals surface area contributed by atoms with E-state index in [1.54, 1.807) is 26.4 Å². The van der Waals surface area contributed by atoms with Crippen LogP contribution < -0.4 is 11.1 Å². The second kappa shape index (κ2) is 7.09. The van der Waals surface area contributed by atoms with Gasteiger partial charge in [-0.3, -0.25) is 9.78 Å². The van der Waals surface area contributed by atoms with Crippen molar-refractivity contribution in [1.29, 1.82) is 0 Å². The molecular formula is C14H24N4O. The van der Waals surface area contributed by atoms with Gasteiger partial charge in [-0.15, -0.1) is 0 Å². The number of aromatic nitrogens is 1. The molecule has 5 heteroatoms. The Morgan fingerprint density at radius 2 is 2.16 bits per heavy atom. The molecular weight excluding hydrogens is 240 g/mol. The van der Waals surface area contributed by atoms with E-state index >= 15 is 0 Å². The van der Waals surface area contributed by atoms with E-state index < -0.39 is 0 Å². The zero-order valence-corrected chi connectivity index (χ0v) is 12.2. The zero-order chi connectivity index (χ0) is 14.4. The topological polar surface area (TPSA) is 71.2 Å². The molecule has 1 amide bonds. The van der Waals surface area contributed by atoms with Gasteiger partial charge in [-0.2, -0.15) is 0 Å². The van der Waals surface area contributed by atoms with Crippen molar-refractivity contribution in [1.82, 2.24) is 9.88 Å². The van der Waals surface area contributed by atoms with Crippen LogP contribution in [0.4, 0.5) is 5.69 Å². The van der Waals surface area contributed by atoms with E-state index in [0.717, 1.165) is 12.1 Å². The van der Waals surface area contributed by atoms with Crippen LogP contribution in [-0.2, 0) is 0 Å². The Balaban J connectivity index is 2.84. The van der Waals surface area contributed by atoms with Crippen molar-refractivity contribution in [2.75, 3.05) is 26.0 Å². The quantitative estimate of drug-likeness (QED) is 0.818. The highest BCUT2D eigenvalue weighted by Gasteiger charge is 2.14. The number of nitrogens with zero attached hydrogens (tertiary/aromatic N) is 2. The van der Waals surface area contributed by atoms with Crippen LogP contribution in [0, 0.1) is 5.92 Å². The molecule has 1 aromatic rings. The van der Waals surface area contributed by atoms with Crippen molar-refractivity contribution in [3.05, 3.63) is 24.0 Å². The van der Waals surface area contributed by atoms with Gasteiger partial charge < -0.3 is 16.0 Å². The molecule has 3 N–H and O–H groups in total. The van der Waals surface area contributed by atoms with Crippen molar-refractivity contribution in [3.8, 4) is 0 Å². The summed E-state index contributed by atoms with van der Waals surface area (Å²) in [6.07, 6.45) is 2.55. The average Bonchev–Trinajstić information content (AvgIpc) is 2.37. The summed E-state index contributed by atoms with van der Waals surface area (Å²) in [7, 11) is 3.44. The third-order valence-electron chi connectivity index (χ3n) is 3.02. The normalized spacial score (nSPS) is 12.3. The smallest absolute Gasteiger partial charge is 0.272 e. The van der Waals surface area contributed by atoms with Crippen LogP contribution in [0.1, 0.15) is 30.8 Å². The molecule has 0 bridgehead atoms. The minimum Gasteiger partial charge on any atom is -0.382 e. The summed E-state index contributed by atoms with van der Waals surface area (Å²) in [6.45, 7) is 4.95. The lowest BCUT2D eigenvalue weighted by atomic mass is 10.0. The first-order valence-electron chi connectivity index (χ1n) is 6.60. The van der Waals surface area contributed by atoms with Gasteiger partial charge in [0.15, 0.2) is 0 Å². The summed E-state index contributed by atoms with van der Waals surface area (Å²) < 4.78 is 0. The molecule has 0 saturated carbocycles. The summed E-state index contributed by atoms with van der Waals surface area (Å²) in [6, 6.07) is 3.96. The Morgan fingerprint density at radius 3 is 2.68 bits per heavy atom. The predicted molar refractivity (Wildman–Crippen MR) is 78.2 cm³/mol. The van der Waals surface area contributed by atoms with Crippen LogP contribution in [0.3, 0.4) is 0 Å². The minimum absolute atomic E-state index is 0.0939. The summed E-state index contributed by atoms with van der Waals surface area (Å²) in [5, 5.41) is 3.42. The molecule has 1 aromatic heterocycles. The third-order valence-corrected chi connectivity index (χ3v) is 3.02. The number of nitrogens with one attached hydrogen (secondary N) is 1. The van der Waals surface area contributed by atoms with Gasteiger partial charge in [-0.05, 0) is 31.0 Å². The predicted octanol–water partition coefficient (Wildman–Crippen LogP) is 1.57. The van der Waals surface area contributed by atoms with Crippen LogP contribution in [0.15, 0.2) is 18.3 Å². The lowest BCUT2D eigenvalue weighted by molar-refractivity contribution is 0.0822. The van der Waals surface area contributed by atoms with Gasteiger partial charge in [-0.25, -0.2) is 0 Å². The van der Waals surface area contributed by atoms with Gasteiger partial charge >= 0.3 is 0 Å². The average molecular weight is 264 g/mol. The van der Waals surface area contributed by atoms with Crippen molar-refractivity contribution < 1.29 is 4.79 Å². The van der Waals surface area contributed by atoms with Crippen molar-refractivity contribution >= 4 is 11.6 Å². The van der Waals surface area contributed by atoms with Gasteiger partial charge in [0.2, 0.25) is 0 Å². The molecule has 1 unspecified atom stereocenters. The molecule has 0 aliphatic rings. The SMILES string of the molecule is CC(C)C(CCN)Nc1ccnc(C(=O)N(C)C)c1. The molecule has 1 atom stereocenters. The molecule has 0 radical (unpaired) electrons. The van der Waals surface area contributed by atoms with Gasteiger partial charge in [0.1, 0.15) is 5.69 Å². The zero-order valence-electron chi connectivity index (χ0n) is 12.2. The highest BCUT2D eigenvalue weighted by Crippen LogP contribution is 2.15. The van der Waals surface area contributed by atoms with Crippen LogP contribution >= 0.6 is 0 Å². The van der Waals surface area contributed by atoms with E-state index in [-0.39, 0.29) is 5.91 Å². The lowest BCUT2D eigenvalue weighted by Crippen LogP contribution is -2.29. The molecule has 106 valence electrons. The molecule has 0 spiro atoms. The van der Waals surface area contributed by atoms with E-state index in [0.29, 0.717) is 24.2 Å². The molecule has 1 heterocycles. The first-order chi connectivity index (χ1) is 8.95. The summed E-state index contributed by atoms with van der Waals surface area (Å²) in [4.78, 5) is 17.5. The van der Waals surface area contributed by atoms with Crippen LogP contribution in [0.5, 0.6) is 0 Å². The van der Waals surface area contributed by atoms with Crippen LogP contribution in [0.25, 0.3) is 0 Å². The Bertz CT molecular complexity index is 418. The van der Waals surface area contributed by atoms with E-state index in [1.165, 1.54) is 4.90 Å². The highest BCUT2D eigenvalue weighted by molar-refractivity contribution is 5.92. The fraction of sp³-hybridized carbons (Fsp3) is 0.571. The number of carbonyl (C=O) groups is 1. The number of pyridine rings is 1. The molecule has 19 heavy (non-hydrogen) atoms. The van der Waals surface area contributed by atoms with E-state index in [1.807, 2.05) is 6.07 Å². The maximum atomic E-state index is 11.9. The van der Waals surface area contributed by atoms with Gasteiger partial charge in [0, 0.05) is 32.0 Å².